The lowest BCUT2D eigenvalue weighted by Crippen LogP contribution is -2.01. The summed E-state index contributed by atoms with van der Waals surface area (Å²) in [5.41, 5.74) is 3.90. The number of fused-ring (bicyclic) bond motifs is 1. The molecule has 0 saturated carbocycles. The first-order valence-electron chi connectivity index (χ1n) is 6.75. The minimum atomic E-state index is 0.711. The lowest BCUT2D eigenvalue weighted by atomic mass is 10.1. The molecule has 2 aromatic carbocycles. The van der Waals surface area contributed by atoms with Gasteiger partial charge < -0.3 is 9.47 Å². The van der Waals surface area contributed by atoms with Crippen molar-refractivity contribution in [3.05, 3.63) is 59.2 Å². The maximum absolute atomic E-state index is 5.75. The van der Waals surface area contributed by atoms with Crippen molar-refractivity contribution >= 4 is 0 Å². The molecule has 0 saturated heterocycles. The van der Waals surface area contributed by atoms with Crippen LogP contribution in [0.2, 0.25) is 0 Å². The molecule has 1 aliphatic rings. The van der Waals surface area contributed by atoms with Crippen molar-refractivity contribution in [3.63, 3.8) is 0 Å². The second kappa shape index (κ2) is 5.35. The molecule has 0 fully saturated rings. The van der Waals surface area contributed by atoms with Crippen LogP contribution in [0.4, 0.5) is 0 Å². The molecule has 19 heavy (non-hydrogen) atoms. The maximum Gasteiger partial charge on any atom is 0.122 e. The largest absolute Gasteiger partial charge is 0.493 e. The van der Waals surface area contributed by atoms with Crippen LogP contribution >= 0.6 is 0 Å². The maximum atomic E-state index is 5.75. The van der Waals surface area contributed by atoms with Gasteiger partial charge in [0, 0.05) is 12.8 Å². The fraction of sp³-hybridized carbons (Fsp3) is 0.294. The molecule has 2 nitrogen and oxygen atoms in total. The molecule has 98 valence electrons. The minimum absolute atomic E-state index is 0.711. The molecule has 3 rings (SSSR count). The van der Waals surface area contributed by atoms with Gasteiger partial charge in [0.25, 0.3) is 0 Å². The number of hydrogen-bond donors (Lipinski definition) is 0. The van der Waals surface area contributed by atoms with E-state index in [9.17, 15) is 0 Å². The summed E-state index contributed by atoms with van der Waals surface area (Å²) in [5, 5.41) is 0. The lowest BCUT2D eigenvalue weighted by Gasteiger charge is -2.07. The van der Waals surface area contributed by atoms with Gasteiger partial charge in [-0.05, 0) is 36.2 Å². The fourth-order valence-corrected chi connectivity index (χ4v) is 2.32. The predicted octanol–water partition coefficient (Wildman–Crippen LogP) is 3.55. The third-order valence-corrected chi connectivity index (χ3v) is 3.43. The predicted molar refractivity (Wildman–Crippen MR) is 76.0 cm³/mol. The van der Waals surface area contributed by atoms with Gasteiger partial charge in [-0.2, -0.15) is 0 Å². The summed E-state index contributed by atoms with van der Waals surface area (Å²) in [5.74, 6) is 1.98. The van der Waals surface area contributed by atoms with Crippen molar-refractivity contribution in [2.24, 2.45) is 0 Å². The molecule has 1 heterocycles. The molecule has 0 aliphatic carbocycles. The number of hydrogen-bond acceptors (Lipinski definition) is 2. The van der Waals surface area contributed by atoms with Gasteiger partial charge >= 0.3 is 0 Å². The highest BCUT2D eigenvalue weighted by Gasteiger charge is 2.11. The zero-order valence-electron chi connectivity index (χ0n) is 11.2. The van der Waals surface area contributed by atoms with Gasteiger partial charge in [0.15, 0.2) is 0 Å². The number of benzene rings is 2. The summed E-state index contributed by atoms with van der Waals surface area (Å²) in [6.45, 7) is 3.61. The zero-order chi connectivity index (χ0) is 13.1. The Kier molecular flexibility index (Phi) is 3.41. The molecular weight excluding hydrogens is 236 g/mol. The van der Waals surface area contributed by atoms with Crippen LogP contribution in [0.25, 0.3) is 0 Å². The zero-order valence-corrected chi connectivity index (χ0v) is 11.2. The second-order valence-corrected chi connectivity index (χ2v) is 4.95. The van der Waals surface area contributed by atoms with Gasteiger partial charge in [0.05, 0.1) is 13.2 Å². The molecule has 0 N–H and O–H groups in total. The van der Waals surface area contributed by atoms with E-state index < -0.39 is 0 Å². The van der Waals surface area contributed by atoms with Crippen molar-refractivity contribution in [2.75, 3.05) is 13.2 Å². The Bertz CT molecular complexity index is 558. The Morgan fingerprint density at radius 2 is 1.95 bits per heavy atom. The van der Waals surface area contributed by atoms with E-state index in [2.05, 4.69) is 37.3 Å². The first-order valence-corrected chi connectivity index (χ1v) is 6.75. The van der Waals surface area contributed by atoms with Gasteiger partial charge in [-0.15, -0.1) is 0 Å². The summed E-state index contributed by atoms with van der Waals surface area (Å²) in [4.78, 5) is 0. The SMILES string of the molecule is Cc1ccc(OCCc2ccc3c(c2)CCO3)cc1. The summed E-state index contributed by atoms with van der Waals surface area (Å²) in [7, 11) is 0. The Balaban J connectivity index is 1.56. The Morgan fingerprint density at radius 3 is 2.79 bits per heavy atom. The van der Waals surface area contributed by atoms with Crippen molar-refractivity contribution in [2.45, 2.75) is 19.8 Å². The van der Waals surface area contributed by atoms with E-state index in [1.165, 1.54) is 16.7 Å². The van der Waals surface area contributed by atoms with Gasteiger partial charge in [-0.25, -0.2) is 0 Å². The Hall–Kier alpha value is -1.96. The van der Waals surface area contributed by atoms with E-state index in [4.69, 9.17) is 9.47 Å². The molecule has 0 amide bonds. The van der Waals surface area contributed by atoms with Crippen LogP contribution in [-0.2, 0) is 12.8 Å². The monoisotopic (exact) mass is 254 g/mol. The van der Waals surface area contributed by atoms with Gasteiger partial charge in [-0.1, -0.05) is 29.8 Å². The molecular formula is C17H18O2. The van der Waals surface area contributed by atoms with E-state index >= 15 is 0 Å². The van der Waals surface area contributed by atoms with E-state index in [1.807, 2.05) is 12.1 Å². The van der Waals surface area contributed by atoms with E-state index in [1.54, 1.807) is 0 Å². The second-order valence-electron chi connectivity index (χ2n) is 4.95. The molecule has 2 aromatic rings. The lowest BCUT2D eigenvalue weighted by molar-refractivity contribution is 0.322. The summed E-state index contributed by atoms with van der Waals surface area (Å²) < 4.78 is 11.3. The number of ether oxygens (including phenoxy) is 2. The van der Waals surface area contributed by atoms with Crippen LogP contribution in [-0.4, -0.2) is 13.2 Å². The van der Waals surface area contributed by atoms with Gasteiger partial charge in [0.1, 0.15) is 11.5 Å². The first-order chi connectivity index (χ1) is 9.31. The summed E-state index contributed by atoms with van der Waals surface area (Å²) >= 11 is 0. The normalized spacial score (nSPS) is 12.9. The standard InChI is InChI=1S/C17H18O2/c1-13-2-5-16(6-3-13)18-10-8-14-4-7-17-15(12-14)9-11-19-17/h2-7,12H,8-11H2,1H3. The third kappa shape index (κ3) is 2.90. The number of aryl methyl sites for hydroxylation is 1. The van der Waals surface area contributed by atoms with Crippen LogP contribution in [0.3, 0.4) is 0 Å². The highest BCUT2D eigenvalue weighted by atomic mass is 16.5. The van der Waals surface area contributed by atoms with Crippen LogP contribution < -0.4 is 9.47 Å². The highest BCUT2D eigenvalue weighted by molar-refractivity contribution is 5.39. The van der Waals surface area contributed by atoms with Crippen LogP contribution in [0, 0.1) is 6.92 Å². The molecule has 2 heteroatoms. The van der Waals surface area contributed by atoms with Crippen molar-refractivity contribution < 1.29 is 9.47 Å². The molecule has 0 spiro atoms. The average Bonchev–Trinajstić information content (AvgIpc) is 2.88. The average molecular weight is 254 g/mol. The van der Waals surface area contributed by atoms with Crippen LogP contribution in [0.15, 0.2) is 42.5 Å². The molecule has 0 atom stereocenters. The quantitative estimate of drug-likeness (QED) is 0.830. The minimum Gasteiger partial charge on any atom is -0.493 e. The third-order valence-electron chi connectivity index (χ3n) is 3.43. The molecule has 0 aromatic heterocycles. The van der Waals surface area contributed by atoms with E-state index in [0.29, 0.717) is 6.61 Å². The molecule has 0 unspecified atom stereocenters. The Labute approximate surface area is 114 Å². The topological polar surface area (TPSA) is 18.5 Å². The van der Waals surface area contributed by atoms with Crippen molar-refractivity contribution in [3.8, 4) is 11.5 Å². The Morgan fingerprint density at radius 1 is 1.11 bits per heavy atom. The van der Waals surface area contributed by atoms with Crippen LogP contribution in [0.5, 0.6) is 11.5 Å². The van der Waals surface area contributed by atoms with Crippen molar-refractivity contribution in [1.29, 1.82) is 0 Å². The summed E-state index contributed by atoms with van der Waals surface area (Å²) in [6, 6.07) is 14.6. The molecule has 0 bridgehead atoms. The molecule has 1 aliphatic heterocycles. The van der Waals surface area contributed by atoms with Gasteiger partial charge in [0.2, 0.25) is 0 Å². The number of rotatable bonds is 4. The molecule has 0 radical (unpaired) electrons. The van der Waals surface area contributed by atoms with Crippen molar-refractivity contribution in [1.82, 2.24) is 0 Å². The van der Waals surface area contributed by atoms with Crippen LogP contribution in [0.1, 0.15) is 16.7 Å². The summed E-state index contributed by atoms with van der Waals surface area (Å²) in [6.07, 6.45) is 1.96. The van der Waals surface area contributed by atoms with Gasteiger partial charge in [-0.3, -0.25) is 0 Å². The van der Waals surface area contributed by atoms with E-state index in [0.717, 1.165) is 30.9 Å². The van der Waals surface area contributed by atoms with E-state index in [-0.39, 0.29) is 0 Å². The highest BCUT2D eigenvalue weighted by Crippen LogP contribution is 2.26. The smallest absolute Gasteiger partial charge is 0.122 e. The fourth-order valence-electron chi connectivity index (χ4n) is 2.32. The first kappa shape index (κ1) is 12.1.